The molecule has 0 aliphatic carbocycles. The van der Waals surface area contributed by atoms with Gasteiger partial charge in [-0.05, 0) is 84.7 Å². The van der Waals surface area contributed by atoms with Gasteiger partial charge in [-0.1, -0.05) is 67.1 Å². The number of aliphatic hydroxyl groups is 10. The molecule has 4 aromatic rings. The Balaban J connectivity index is 1.27. The molecule has 18 N–H and O–H groups in total. The van der Waals surface area contributed by atoms with E-state index in [1.807, 2.05) is 43.3 Å². The fraction of sp³-hybridized carbons (Fsp3) is 0.489. The summed E-state index contributed by atoms with van der Waals surface area (Å²) < 4.78 is 0. The topological polar surface area (TPSA) is 377 Å². The molecule has 0 saturated carbocycles. The maximum absolute atomic E-state index is 13.4. The molecule has 0 spiro atoms. The number of carbonyl (C=O) groups is 2. The number of fused-ring (bicyclic) bond motifs is 1. The normalized spacial score (nSPS) is 15.8. The van der Waals surface area contributed by atoms with Gasteiger partial charge < -0.3 is 73.2 Å². The highest BCUT2D eigenvalue weighted by Gasteiger charge is 2.34. The smallest absolute Gasteiger partial charge is 0.280 e. The van der Waals surface area contributed by atoms with Crippen LogP contribution in [0.2, 0.25) is 5.15 Å². The van der Waals surface area contributed by atoms with E-state index in [2.05, 4.69) is 38.1 Å². The van der Waals surface area contributed by atoms with Crippen molar-refractivity contribution in [2.24, 2.45) is 5.92 Å². The summed E-state index contributed by atoms with van der Waals surface area (Å²) in [6, 6.07) is 19.3. The van der Waals surface area contributed by atoms with E-state index in [4.69, 9.17) is 38.7 Å². The molecule has 21 nitrogen and oxygen atoms in total. The minimum absolute atomic E-state index is 0.108. The van der Waals surface area contributed by atoms with Crippen LogP contribution in [0, 0.1) is 11.3 Å². The standard InChI is InChI=1S/C45H64ClN9O12/c1-24(19-27-14-13-26(29-9-2-3-10-30(27)29)8-4-5-17-50-45(49)54-44(67)35-41(47)53-42(48)40(46)52-35)43(66)51-28-15-11-25(12-16-28)7-6-18-55(20-31(58)36(62)38(64)33(60)22-56)21-32(59)37(63)39(65)34(61)23-57/h2-3,9-16,24,31-34,36-39,56-65H,4-8,17-23H2,1H3,(H,51,66)(H4,47,48,53)(H3,49,50,54,67)/t24-,31-,32-,33+,34+,36+,37+,38+,39+/m0/s1. The molecule has 1 aromatic heterocycles. The van der Waals surface area contributed by atoms with Crippen LogP contribution in [0.5, 0.6) is 0 Å². The van der Waals surface area contributed by atoms with Gasteiger partial charge in [-0.3, -0.25) is 25.2 Å². The number of rotatable bonds is 26. The lowest BCUT2D eigenvalue weighted by Crippen LogP contribution is -2.53. The molecule has 2 amide bonds. The second-order valence-electron chi connectivity index (χ2n) is 16.5. The van der Waals surface area contributed by atoms with Crippen LogP contribution in [0.1, 0.15) is 53.4 Å². The molecule has 67 heavy (non-hydrogen) atoms. The van der Waals surface area contributed by atoms with E-state index >= 15 is 0 Å². The average molecular weight is 959 g/mol. The van der Waals surface area contributed by atoms with Crippen molar-refractivity contribution in [2.45, 2.75) is 94.3 Å². The van der Waals surface area contributed by atoms with Crippen molar-refractivity contribution >= 4 is 57.5 Å². The number of amides is 2. The minimum Gasteiger partial charge on any atom is -0.394 e. The second kappa shape index (κ2) is 26.4. The van der Waals surface area contributed by atoms with Crippen LogP contribution in [0.4, 0.5) is 17.3 Å². The van der Waals surface area contributed by atoms with E-state index in [0.717, 1.165) is 40.3 Å². The van der Waals surface area contributed by atoms with Crippen LogP contribution < -0.4 is 27.4 Å². The monoisotopic (exact) mass is 957 g/mol. The van der Waals surface area contributed by atoms with E-state index in [0.29, 0.717) is 37.9 Å². The number of nitrogens with one attached hydrogen (secondary N) is 4. The second-order valence-corrected chi connectivity index (χ2v) is 16.9. The molecule has 0 aliphatic rings. The molecule has 0 saturated heterocycles. The van der Waals surface area contributed by atoms with Crippen LogP contribution in [-0.4, -0.2) is 172 Å². The van der Waals surface area contributed by atoms with Gasteiger partial charge in [0.05, 0.1) is 25.4 Å². The third-order valence-electron chi connectivity index (χ3n) is 11.3. The molecule has 0 unspecified atom stereocenters. The number of aryl methyl sites for hydroxylation is 2. The van der Waals surface area contributed by atoms with Crippen molar-refractivity contribution in [1.29, 1.82) is 5.41 Å². The van der Waals surface area contributed by atoms with E-state index in [9.17, 15) is 50.4 Å². The molecular formula is C45H64ClN9O12. The first-order valence-electron chi connectivity index (χ1n) is 21.8. The first-order chi connectivity index (χ1) is 31.8. The first kappa shape index (κ1) is 54.5. The maximum Gasteiger partial charge on any atom is 0.280 e. The molecule has 9 atom stereocenters. The van der Waals surface area contributed by atoms with Crippen molar-refractivity contribution in [3.63, 3.8) is 0 Å². The van der Waals surface area contributed by atoms with Crippen molar-refractivity contribution in [2.75, 3.05) is 56.2 Å². The number of nitrogens with zero attached hydrogens (tertiary/aromatic N) is 3. The molecule has 4 rings (SSSR count). The quantitative estimate of drug-likeness (QED) is 0.0196. The Morgan fingerprint density at radius 2 is 1.27 bits per heavy atom. The van der Waals surface area contributed by atoms with Crippen molar-refractivity contribution < 1.29 is 60.7 Å². The van der Waals surface area contributed by atoms with Gasteiger partial charge in [-0.15, -0.1) is 0 Å². The molecule has 3 aromatic carbocycles. The SMILES string of the molecule is C[C@@H](Cc1ccc(CCCCNC(=N)NC(=O)c2nc(Cl)c(N)nc2N)c2ccccc12)C(=O)Nc1ccc(CCCN(C[C@H](O)[C@@H](O)[C@H](O)[C@H](O)CO)C[C@H](O)[C@@H](O)[C@H](O)[C@H](O)CO)cc1. The Hall–Kier alpha value is -5.14. The van der Waals surface area contributed by atoms with Crippen LogP contribution in [0.25, 0.3) is 10.8 Å². The number of halogens is 1. The number of carbonyl (C=O) groups excluding carboxylic acids is 2. The predicted molar refractivity (Wildman–Crippen MR) is 251 cm³/mol. The Morgan fingerprint density at radius 3 is 1.85 bits per heavy atom. The fourth-order valence-electron chi connectivity index (χ4n) is 7.38. The van der Waals surface area contributed by atoms with Crippen molar-refractivity contribution in [1.82, 2.24) is 25.5 Å². The zero-order valence-electron chi connectivity index (χ0n) is 37.1. The summed E-state index contributed by atoms with van der Waals surface area (Å²) in [6.45, 7) is -0.0266. The number of hydrogen-bond donors (Lipinski definition) is 16. The highest BCUT2D eigenvalue weighted by atomic mass is 35.5. The van der Waals surface area contributed by atoms with Crippen LogP contribution >= 0.6 is 11.6 Å². The van der Waals surface area contributed by atoms with Crippen molar-refractivity contribution in [3.8, 4) is 0 Å². The van der Waals surface area contributed by atoms with Gasteiger partial charge in [-0.25, -0.2) is 9.97 Å². The zero-order chi connectivity index (χ0) is 49.4. The number of unbranched alkanes of at least 4 members (excludes halogenated alkanes) is 1. The summed E-state index contributed by atoms with van der Waals surface area (Å²) in [5.74, 6) is -1.85. The summed E-state index contributed by atoms with van der Waals surface area (Å²) in [7, 11) is 0. The summed E-state index contributed by atoms with van der Waals surface area (Å²) in [5, 5.41) is 118. The maximum atomic E-state index is 13.4. The van der Waals surface area contributed by atoms with Gasteiger partial charge >= 0.3 is 0 Å². The number of nitrogen functional groups attached to an aromatic ring is 2. The van der Waals surface area contributed by atoms with Crippen LogP contribution in [0.15, 0.2) is 60.7 Å². The molecule has 1 heterocycles. The zero-order valence-corrected chi connectivity index (χ0v) is 37.9. The lowest BCUT2D eigenvalue weighted by molar-refractivity contribution is -0.130. The molecule has 0 fully saturated rings. The van der Waals surface area contributed by atoms with Crippen molar-refractivity contribution in [3.05, 3.63) is 88.2 Å². The van der Waals surface area contributed by atoms with Gasteiger partial charge in [0.25, 0.3) is 5.91 Å². The number of benzene rings is 3. The highest BCUT2D eigenvalue weighted by Crippen LogP contribution is 2.27. The highest BCUT2D eigenvalue weighted by molar-refractivity contribution is 6.31. The fourth-order valence-corrected chi connectivity index (χ4v) is 7.50. The van der Waals surface area contributed by atoms with Gasteiger partial charge in [0.15, 0.2) is 28.4 Å². The van der Waals surface area contributed by atoms with Gasteiger partial charge in [0.1, 0.15) is 36.6 Å². The Kier molecular flexibility index (Phi) is 21.5. The number of guanidine groups is 1. The number of nitrogens with two attached hydrogens (primary N) is 2. The van der Waals surface area contributed by atoms with E-state index in [-0.39, 0.29) is 59.9 Å². The number of aromatic nitrogens is 2. The predicted octanol–water partition coefficient (Wildman–Crippen LogP) is -1.35. The Bertz CT molecular complexity index is 2200. The summed E-state index contributed by atoms with van der Waals surface area (Å²) >= 11 is 5.85. The molecule has 0 radical (unpaired) electrons. The van der Waals surface area contributed by atoms with Gasteiger partial charge in [0.2, 0.25) is 5.91 Å². The molecule has 22 heteroatoms. The van der Waals surface area contributed by atoms with E-state index in [1.165, 1.54) is 4.90 Å². The molecule has 0 aliphatic heterocycles. The van der Waals surface area contributed by atoms with Gasteiger partial charge in [0, 0.05) is 31.2 Å². The molecule has 368 valence electrons. The summed E-state index contributed by atoms with van der Waals surface area (Å²) in [5.41, 5.74) is 14.7. The van der Waals surface area contributed by atoms with Crippen LogP contribution in [-0.2, 0) is 24.1 Å². The Morgan fingerprint density at radius 1 is 0.716 bits per heavy atom. The Labute approximate surface area is 392 Å². The van der Waals surface area contributed by atoms with E-state index in [1.54, 1.807) is 12.1 Å². The van der Waals surface area contributed by atoms with Gasteiger partial charge in [-0.2, -0.15) is 0 Å². The third kappa shape index (κ3) is 16.0. The largest absolute Gasteiger partial charge is 0.394 e. The lowest BCUT2D eigenvalue weighted by Gasteiger charge is -2.33. The number of hydrogen-bond acceptors (Lipinski definition) is 18. The lowest BCUT2D eigenvalue weighted by atomic mass is 9.91. The first-order valence-corrected chi connectivity index (χ1v) is 22.2. The average Bonchev–Trinajstić information content (AvgIpc) is 3.31. The third-order valence-corrected chi connectivity index (χ3v) is 11.6. The summed E-state index contributed by atoms with van der Waals surface area (Å²) in [4.78, 5) is 34.9. The molecular weight excluding hydrogens is 894 g/mol. The van der Waals surface area contributed by atoms with E-state index < -0.39 is 68.0 Å². The molecule has 0 bridgehead atoms. The minimum atomic E-state index is -1.89. The summed E-state index contributed by atoms with van der Waals surface area (Å²) in [6.07, 6.45) is -10.7. The van der Waals surface area contributed by atoms with Crippen LogP contribution in [0.3, 0.4) is 0 Å². The number of aliphatic hydroxyl groups excluding tert-OH is 10. The number of anilines is 3.